The second-order valence-electron chi connectivity index (χ2n) is 21.4. The lowest BCUT2D eigenvalue weighted by molar-refractivity contribution is -0.166. The number of aromatic nitrogens is 2. The maximum absolute atomic E-state index is 15.7. The molecule has 4 saturated carbocycles. The molecule has 2 aromatic heterocycles. The minimum atomic E-state index is -2.56. The van der Waals surface area contributed by atoms with Gasteiger partial charge in [0.15, 0.2) is 34.6 Å². The maximum atomic E-state index is 15.7. The molecule has 16 nitrogen and oxygen atoms in total. The van der Waals surface area contributed by atoms with E-state index in [4.69, 9.17) is 28.9 Å². The second-order valence-corrected chi connectivity index (χ2v) is 23.4. The fraction of sp³-hybridized carbons (Fsp3) is 0.281. The number of thiazole rings is 2. The van der Waals surface area contributed by atoms with Gasteiger partial charge in [0.05, 0.1) is 21.1 Å². The van der Waals surface area contributed by atoms with Crippen molar-refractivity contribution in [2.45, 2.75) is 88.6 Å². The van der Waals surface area contributed by atoms with Crippen molar-refractivity contribution in [3.05, 3.63) is 178 Å². The number of Topliss-reactive ketones (excluding diaryl/α,β-unsaturated/α-hetero) is 4. The van der Waals surface area contributed by atoms with Gasteiger partial charge >= 0.3 is 23.9 Å². The van der Waals surface area contributed by atoms with E-state index in [1.165, 1.54) is 12.1 Å². The van der Waals surface area contributed by atoms with Gasteiger partial charge in [0.25, 0.3) is 0 Å². The van der Waals surface area contributed by atoms with Gasteiger partial charge in [-0.2, -0.15) is 0 Å². The fourth-order valence-electron chi connectivity index (χ4n) is 12.6. The largest absolute Gasteiger partial charge is 0.459 e. The predicted molar refractivity (Wildman–Crippen MR) is 300 cm³/mol. The first-order chi connectivity index (χ1) is 40.0. The summed E-state index contributed by atoms with van der Waals surface area (Å²) in [5.74, 6) is -8.02. The molecule has 6 aliphatic carbocycles. The van der Waals surface area contributed by atoms with Crippen LogP contribution in [0.5, 0.6) is 0 Å². The smallest absolute Gasteiger partial charge is 0.334 e. The second kappa shape index (κ2) is 21.3. The molecule has 0 aliphatic heterocycles. The molecule has 4 fully saturated rings. The van der Waals surface area contributed by atoms with Crippen LogP contribution >= 0.6 is 22.7 Å². The van der Waals surface area contributed by atoms with E-state index in [2.05, 4.69) is 9.98 Å². The van der Waals surface area contributed by atoms with Crippen molar-refractivity contribution >= 4 is 91.4 Å². The first kappa shape index (κ1) is 52.6. The predicted octanol–water partition coefficient (Wildman–Crippen LogP) is 10.2. The topological polar surface area (TPSA) is 224 Å². The highest BCUT2D eigenvalue weighted by Crippen LogP contribution is 2.61. The van der Waals surface area contributed by atoms with E-state index in [1.807, 2.05) is 0 Å². The van der Waals surface area contributed by atoms with Crippen LogP contribution in [0.3, 0.4) is 0 Å². The molecule has 0 amide bonds. The lowest BCUT2D eigenvalue weighted by Crippen LogP contribution is -2.47. The molecular formula is C64H50N4O12S2. The molecule has 0 bridgehead atoms. The highest BCUT2D eigenvalue weighted by molar-refractivity contribution is 7.19. The zero-order chi connectivity index (χ0) is 56.3. The Balaban J connectivity index is 1.04. The average Bonchev–Trinajstić information content (AvgIpc) is 1.96. The summed E-state index contributed by atoms with van der Waals surface area (Å²) >= 11 is 1.80. The van der Waals surface area contributed by atoms with Crippen molar-refractivity contribution in [1.29, 1.82) is 0 Å². The van der Waals surface area contributed by atoms with E-state index >= 15 is 19.2 Å². The Hall–Kier alpha value is -8.74. The van der Waals surface area contributed by atoms with Gasteiger partial charge in [-0.15, -0.1) is 0 Å². The Morgan fingerprint density at radius 2 is 0.695 bits per heavy atom. The van der Waals surface area contributed by atoms with Crippen molar-refractivity contribution in [3.8, 4) is 20.9 Å². The van der Waals surface area contributed by atoms with Gasteiger partial charge in [-0.1, -0.05) is 170 Å². The highest BCUT2D eigenvalue weighted by Gasteiger charge is 2.65. The molecule has 0 saturated heterocycles. The molecule has 82 heavy (non-hydrogen) atoms. The SMILES string of the molecule is O=C1C(=Nc2nc3c(s2)-c2cc4c(cc2C3(C(=O)OCc2ccccc2)C(=O)OCc2ccccc2)-c2sc(N=C3C(=O)C5CCCCC5C3=O)nc2C4(C(=O)OCc2ccccc2)C(=O)OCc2ccccc2)C(=O)C2CCCCC12. The summed E-state index contributed by atoms with van der Waals surface area (Å²) in [6.07, 6.45) is 5.33. The number of fused-ring (bicyclic) bond motifs is 8. The van der Waals surface area contributed by atoms with Crippen LogP contribution in [0, 0.1) is 23.7 Å². The summed E-state index contributed by atoms with van der Waals surface area (Å²) in [5.41, 5.74) is -3.36. The molecule has 7 aromatic rings. The van der Waals surface area contributed by atoms with Crippen LogP contribution < -0.4 is 0 Å². The average molecular weight is 1130 g/mol. The summed E-state index contributed by atoms with van der Waals surface area (Å²) in [6, 6.07) is 38.4. The number of ketones is 4. The number of esters is 4. The van der Waals surface area contributed by atoms with E-state index in [-0.39, 0.29) is 91.5 Å². The van der Waals surface area contributed by atoms with E-state index in [0.29, 0.717) is 47.9 Å². The van der Waals surface area contributed by atoms with E-state index < -0.39 is 81.5 Å². The third kappa shape index (κ3) is 8.68. The highest BCUT2D eigenvalue weighted by atomic mass is 32.1. The zero-order valence-electron chi connectivity index (χ0n) is 44.0. The maximum Gasteiger partial charge on any atom is 0.334 e. The summed E-state index contributed by atoms with van der Waals surface area (Å²) in [7, 11) is 0. The summed E-state index contributed by atoms with van der Waals surface area (Å²) in [4.78, 5) is 138. The number of ether oxygens (including phenoxy) is 4. The first-order valence-electron chi connectivity index (χ1n) is 27.4. The Morgan fingerprint density at radius 1 is 0.427 bits per heavy atom. The van der Waals surface area contributed by atoms with Crippen LogP contribution in [0.15, 0.2) is 143 Å². The number of rotatable bonds is 14. The van der Waals surface area contributed by atoms with Crippen molar-refractivity contribution in [2.75, 3.05) is 0 Å². The molecular weight excluding hydrogens is 1080 g/mol. The Labute approximate surface area is 477 Å². The van der Waals surface area contributed by atoms with Crippen LogP contribution in [0.2, 0.25) is 0 Å². The molecule has 13 rings (SSSR count). The third-order valence-corrected chi connectivity index (χ3v) is 18.7. The Morgan fingerprint density at radius 3 is 0.963 bits per heavy atom. The van der Waals surface area contributed by atoms with Crippen LogP contribution in [0.4, 0.5) is 10.3 Å². The number of benzene rings is 5. The minimum Gasteiger partial charge on any atom is -0.459 e. The van der Waals surface area contributed by atoms with E-state index in [9.17, 15) is 19.2 Å². The molecule has 4 unspecified atom stereocenters. The van der Waals surface area contributed by atoms with E-state index in [1.54, 1.807) is 121 Å². The monoisotopic (exact) mass is 1130 g/mol. The van der Waals surface area contributed by atoms with Crippen LogP contribution in [-0.2, 0) is 94.6 Å². The summed E-state index contributed by atoms with van der Waals surface area (Å²) in [6.45, 7) is -1.17. The van der Waals surface area contributed by atoms with Crippen molar-refractivity contribution < 1.29 is 57.3 Å². The normalized spacial score (nSPS) is 20.4. The van der Waals surface area contributed by atoms with E-state index in [0.717, 1.165) is 48.4 Å². The molecule has 4 atom stereocenters. The third-order valence-electron chi connectivity index (χ3n) is 16.7. The molecule has 5 aromatic carbocycles. The summed E-state index contributed by atoms with van der Waals surface area (Å²) in [5, 5.41) is -0.224. The van der Waals surface area contributed by atoms with Crippen LogP contribution in [-0.4, -0.2) is 68.4 Å². The van der Waals surface area contributed by atoms with Crippen molar-refractivity contribution in [1.82, 2.24) is 9.97 Å². The molecule has 2 heterocycles. The number of hydrogen-bond donors (Lipinski definition) is 0. The number of carbonyl (C=O) groups excluding carboxylic acids is 8. The van der Waals surface area contributed by atoms with Gasteiger partial charge < -0.3 is 18.9 Å². The lowest BCUT2D eigenvalue weighted by atomic mass is 9.76. The van der Waals surface area contributed by atoms with Gasteiger partial charge in [0, 0.05) is 23.7 Å². The molecule has 0 spiro atoms. The number of carbonyl (C=O) groups is 8. The Bertz CT molecular complexity index is 3460. The van der Waals surface area contributed by atoms with Gasteiger partial charge in [-0.05, 0) is 82.3 Å². The molecule has 0 radical (unpaired) electrons. The van der Waals surface area contributed by atoms with Gasteiger partial charge in [-0.3, -0.25) is 38.4 Å². The van der Waals surface area contributed by atoms with Crippen LogP contribution in [0.1, 0.15) is 96.1 Å². The molecule has 410 valence electrons. The lowest BCUT2D eigenvalue weighted by Gasteiger charge is -2.28. The van der Waals surface area contributed by atoms with Gasteiger partial charge in [0.2, 0.25) is 21.1 Å². The standard InChI is InChI=1S/C64H50N4O12S2/c69-49-39-25-13-14-26-40(39)50(70)47(49)65-61-67-55-53(81-61)43-30-46-44(29-45(43)63(55,57(73)77-31-35-17-5-1-6-18-35)58(74)78-32-36-19-7-2-8-20-36)54-56(68-62(82-54)66-48-51(71)41-27-15-16-28-42(41)52(48)72)64(46,59(75)79-33-37-21-9-3-10-22-37)60(76)80-34-38-23-11-4-12-24-38/h1-12,17-24,29-30,39-42H,13-16,25-28,31-34H2. The van der Waals surface area contributed by atoms with Crippen LogP contribution in [0.25, 0.3) is 20.9 Å². The summed E-state index contributed by atoms with van der Waals surface area (Å²) < 4.78 is 24.7. The molecule has 0 N–H and O–H groups in total. The van der Waals surface area contributed by atoms with Crippen molar-refractivity contribution in [2.24, 2.45) is 33.7 Å². The Kier molecular flexibility index (Phi) is 13.7. The zero-order valence-corrected chi connectivity index (χ0v) is 45.6. The quantitative estimate of drug-likeness (QED) is 0.0561. The number of hydrogen-bond acceptors (Lipinski definition) is 18. The fourth-order valence-corrected chi connectivity index (χ4v) is 14.7. The molecule has 6 aliphatic rings. The van der Waals surface area contributed by atoms with Gasteiger partial charge in [-0.25, -0.2) is 20.0 Å². The molecule has 18 heteroatoms. The minimum absolute atomic E-state index is 0.00194. The first-order valence-corrected chi connectivity index (χ1v) is 29.0. The van der Waals surface area contributed by atoms with Gasteiger partial charge in [0.1, 0.15) is 26.4 Å². The number of nitrogens with zero attached hydrogens (tertiary/aromatic N) is 4. The van der Waals surface area contributed by atoms with Crippen molar-refractivity contribution in [3.63, 3.8) is 0 Å². The number of aliphatic imine (C=N–C) groups is 2.